The number of benzene rings is 2. The second-order valence-electron chi connectivity index (χ2n) is 6.18. The number of nitrogens with one attached hydrogen (secondary N) is 2. The summed E-state index contributed by atoms with van der Waals surface area (Å²) in [6.45, 7) is 8.76. The van der Waals surface area contributed by atoms with E-state index in [-0.39, 0.29) is 5.92 Å². The van der Waals surface area contributed by atoms with Crippen LogP contribution in [0.1, 0.15) is 39.2 Å². The molecule has 0 spiro atoms. The van der Waals surface area contributed by atoms with E-state index in [1.165, 1.54) is 0 Å². The second-order valence-corrected chi connectivity index (χ2v) is 6.18. The van der Waals surface area contributed by atoms with Crippen LogP contribution < -0.4 is 20.1 Å². The number of rotatable bonds is 7. The smallest absolute Gasteiger partial charge is 0.314 e. The van der Waals surface area contributed by atoms with Gasteiger partial charge in [-0.3, -0.25) is 9.59 Å². The lowest BCUT2D eigenvalue weighted by Crippen LogP contribution is -2.29. The predicted octanol–water partition coefficient (Wildman–Crippen LogP) is 4.18. The quantitative estimate of drug-likeness (QED) is 0.717. The highest BCUT2D eigenvalue weighted by atomic mass is 16.5. The van der Waals surface area contributed by atoms with Crippen molar-refractivity contribution in [2.45, 2.75) is 33.6 Å². The maximum absolute atomic E-state index is 12.3. The summed E-state index contributed by atoms with van der Waals surface area (Å²) >= 11 is 0. The summed E-state index contributed by atoms with van der Waals surface area (Å²) in [5.41, 5.74) is 2.06. The van der Waals surface area contributed by atoms with Crippen molar-refractivity contribution < 1.29 is 19.1 Å². The van der Waals surface area contributed by atoms with Crippen LogP contribution in [0.2, 0.25) is 0 Å². The number of amides is 2. The average Bonchev–Trinajstić information content (AvgIpc) is 2.64. The fourth-order valence-corrected chi connectivity index (χ4v) is 2.61. The third-order valence-corrected chi connectivity index (χ3v) is 3.84. The maximum Gasteiger partial charge on any atom is 0.314 e. The summed E-state index contributed by atoms with van der Waals surface area (Å²) in [5.74, 6) is -0.144. The number of anilines is 2. The zero-order valence-electron chi connectivity index (χ0n) is 16.2. The molecule has 2 aromatic carbocycles. The normalized spacial score (nSPS) is 10.4. The predicted molar refractivity (Wildman–Crippen MR) is 107 cm³/mol. The highest BCUT2D eigenvalue weighted by Gasteiger charge is 2.17. The Morgan fingerprint density at radius 1 is 0.889 bits per heavy atom. The molecule has 2 rings (SSSR count). The van der Waals surface area contributed by atoms with Gasteiger partial charge in [-0.05, 0) is 43.5 Å². The molecule has 0 aliphatic carbocycles. The summed E-state index contributed by atoms with van der Waals surface area (Å²) in [5, 5.41) is 5.27. The molecular weight excluding hydrogens is 344 g/mol. The minimum Gasteiger partial charge on any atom is -0.490 e. The van der Waals surface area contributed by atoms with Crippen molar-refractivity contribution in [1.29, 1.82) is 0 Å². The van der Waals surface area contributed by atoms with E-state index in [0.717, 1.165) is 5.56 Å². The van der Waals surface area contributed by atoms with Crippen LogP contribution in [-0.2, 0) is 9.59 Å². The third kappa shape index (κ3) is 5.48. The molecule has 0 radical (unpaired) electrons. The highest BCUT2D eigenvalue weighted by molar-refractivity contribution is 6.43. The Hall–Kier alpha value is -3.02. The van der Waals surface area contributed by atoms with Gasteiger partial charge in [0.15, 0.2) is 11.5 Å². The van der Waals surface area contributed by atoms with Gasteiger partial charge >= 0.3 is 11.8 Å². The Labute approximate surface area is 159 Å². The summed E-state index contributed by atoms with van der Waals surface area (Å²) in [6.07, 6.45) is 0. The Bertz CT molecular complexity index is 803. The lowest BCUT2D eigenvalue weighted by molar-refractivity contribution is -0.133. The third-order valence-electron chi connectivity index (χ3n) is 3.84. The molecule has 6 nitrogen and oxygen atoms in total. The molecule has 6 heteroatoms. The first-order chi connectivity index (χ1) is 13.0. The van der Waals surface area contributed by atoms with Crippen molar-refractivity contribution in [2.24, 2.45) is 0 Å². The topological polar surface area (TPSA) is 76.7 Å². The Morgan fingerprint density at radius 3 is 2.19 bits per heavy atom. The average molecular weight is 370 g/mol. The summed E-state index contributed by atoms with van der Waals surface area (Å²) in [6, 6.07) is 12.4. The zero-order chi connectivity index (χ0) is 19.8. The molecule has 0 unspecified atom stereocenters. The van der Waals surface area contributed by atoms with Crippen molar-refractivity contribution >= 4 is 23.2 Å². The molecule has 2 aromatic rings. The molecule has 27 heavy (non-hydrogen) atoms. The van der Waals surface area contributed by atoms with Gasteiger partial charge < -0.3 is 20.1 Å². The van der Waals surface area contributed by atoms with Gasteiger partial charge in [0, 0.05) is 17.4 Å². The molecule has 0 bridgehead atoms. The van der Waals surface area contributed by atoms with Gasteiger partial charge in [-0.15, -0.1) is 0 Å². The fraction of sp³-hybridized carbons (Fsp3) is 0.333. The number of hydrogen-bond acceptors (Lipinski definition) is 4. The molecule has 0 atom stereocenters. The number of carbonyl (C=O) groups excluding carboxylic acids is 2. The summed E-state index contributed by atoms with van der Waals surface area (Å²) in [7, 11) is 0. The Kier molecular flexibility index (Phi) is 7.23. The van der Waals surface area contributed by atoms with Crippen LogP contribution in [0.3, 0.4) is 0 Å². The molecule has 0 aliphatic heterocycles. The standard InChI is InChI=1S/C21H26N2O4/c1-5-26-18-12-11-15(13-19(18)27-6-2)22-20(24)21(25)23-17-10-8-7-9-16(17)14(3)4/h7-14H,5-6H2,1-4H3,(H,22,24)(H,23,25). The Balaban J connectivity index is 2.10. The maximum atomic E-state index is 12.3. The van der Waals surface area contributed by atoms with Crippen molar-refractivity contribution in [3.8, 4) is 11.5 Å². The van der Waals surface area contributed by atoms with Crippen molar-refractivity contribution in [2.75, 3.05) is 23.8 Å². The van der Waals surface area contributed by atoms with Crippen LogP contribution >= 0.6 is 0 Å². The zero-order valence-corrected chi connectivity index (χ0v) is 16.2. The van der Waals surface area contributed by atoms with E-state index in [1.54, 1.807) is 24.3 Å². The van der Waals surface area contributed by atoms with Gasteiger partial charge in [0.05, 0.1) is 13.2 Å². The molecule has 0 saturated heterocycles. The first-order valence-corrected chi connectivity index (χ1v) is 9.07. The number of carbonyl (C=O) groups is 2. The van der Waals surface area contributed by atoms with E-state index in [9.17, 15) is 9.59 Å². The summed E-state index contributed by atoms with van der Waals surface area (Å²) < 4.78 is 11.0. The van der Waals surface area contributed by atoms with Gasteiger partial charge in [0.2, 0.25) is 0 Å². The minimum absolute atomic E-state index is 0.226. The SMILES string of the molecule is CCOc1ccc(NC(=O)C(=O)Nc2ccccc2C(C)C)cc1OCC. The number of ether oxygens (including phenoxy) is 2. The van der Waals surface area contributed by atoms with E-state index in [1.807, 2.05) is 45.9 Å². The van der Waals surface area contributed by atoms with Crippen molar-refractivity contribution in [1.82, 2.24) is 0 Å². The van der Waals surface area contributed by atoms with Gasteiger partial charge in [-0.2, -0.15) is 0 Å². The van der Waals surface area contributed by atoms with E-state index in [2.05, 4.69) is 10.6 Å². The molecule has 144 valence electrons. The Morgan fingerprint density at radius 2 is 1.52 bits per heavy atom. The van der Waals surface area contributed by atoms with E-state index >= 15 is 0 Å². The van der Waals surface area contributed by atoms with Gasteiger partial charge in [0.25, 0.3) is 0 Å². The van der Waals surface area contributed by atoms with Crippen LogP contribution in [-0.4, -0.2) is 25.0 Å². The molecular formula is C21H26N2O4. The minimum atomic E-state index is -0.750. The molecule has 2 amide bonds. The monoisotopic (exact) mass is 370 g/mol. The number of hydrogen-bond donors (Lipinski definition) is 2. The van der Waals surface area contributed by atoms with Crippen LogP contribution in [0.15, 0.2) is 42.5 Å². The van der Waals surface area contributed by atoms with Crippen molar-refractivity contribution in [3.05, 3.63) is 48.0 Å². The molecule has 0 aliphatic rings. The molecule has 0 heterocycles. The first kappa shape index (κ1) is 20.3. The largest absolute Gasteiger partial charge is 0.490 e. The number of para-hydroxylation sites is 1. The van der Waals surface area contributed by atoms with E-state index < -0.39 is 11.8 Å². The summed E-state index contributed by atoms with van der Waals surface area (Å²) in [4.78, 5) is 24.6. The lowest BCUT2D eigenvalue weighted by atomic mass is 10.0. The molecule has 0 aromatic heterocycles. The van der Waals surface area contributed by atoms with Gasteiger partial charge in [0.1, 0.15) is 0 Å². The highest BCUT2D eigenvalue weighted by Crippen LogP contribution is 2.30. The molecule has 2 N–H and O–H groups in total. The molecule has 0 saturated carbocycles. The van der Waals surface area contributed by atoms with Gasteiger partial charge in [-0.25, -0.2) is 0 Å². The van der Waals surface area contributed by atoms with Crippen LogP contribution in [0, 0.1) is 0 Å². The fourth-order valence-electron chi connectivity index (χ4n) is 2.61. The lowest BCUT2D eigenvalue weighted by Gasteiger charge is -2.14. The molecule has 0 fully saturated rings. The van der Waals surface area contributed by atoms with Crippen LogP contribution in [0.25, 0.3) is 0 Å². The van der Waals surface area contributed by atoms with Crippen LogP contribution in [0.5, 0.6) is 11.5 Å². The van der Waals surface area contributed by atoms with Gasteiger partial charge in [-0.1, -0.05) is 32.0 Å². The van der Waals surface area contributed by atoms with Crippen LogP contribution in [0.4, 0.5) is 11.4 Å². The van der Waals surface area contributed by atoms with Crippen molar-refractivity contribution in [3.63, 3.8) is 0 Å². The van der Waals surface area contributed by atoms with E-state index in [4.69, 9.17) is 9.47 Å². The van der Waals surface area contributed by atoms with E-state index in [0.29, 0.717) is 36.1 Å². The second kappa shape index (κ2) is 9.62. The first-order valence-electron chi connectivity index (χ1n) is 9.07.